The Kier molecular flexibility index (Phi) is 6.12. The Balaban J connectivity index is 4.28. The van der Waals surface area contributed by atoms with Gasteiger partial charge in [0.15, 0.2) is 0 Å². The van der Waals surface area contributed by atoms with E-state index in [0.717, 1.165) is 0 Å². The van der Waals surface area contributed by atoms with E-state index in [1.807, 2.05) is 0 Å². The van der Waals surface area contributed by atoms with E-state index in [2.05, 4.69) is 4.74 Å². The van der Waals surface area contributed by atoms with E-state index in [-0.39, 0.29) is 24.7 Å². The van der Waals surface area contributed by atoms with Crippen LogP contribution in [-0.4, -0.2) is 30.6 Å². The molecule has 0 aromatic rings. The third-order valence-corrected chi connectivity index (χ3v) is 2.09. The molecule has 0 fully saturated rings. The van der Waals surface area contributed by atoms with E-state index in [1.54, 1.807) is 13.8 Å². The van der Waals surface area contributed by atoms with Gasteiger partial charge in [0, 0.05) is 18.4 Å². The van der Waals surface area contributed by atoms with Gasteiger partial charge in [0.25, 0.3) is 0 Å². The molecule has 0 aliphatic rings. The first kappa shape index (κ1) is 13.1. The smallest absolute Gasteiger partial charge is 0.306 e. The predicted molar refractivity (Wildman–Crippen MR) is 51.7 cm³/mol. The molecule has 0 amide bonds. The maximum absolute atomic E-state index is 11.6. The summed E-state index contributed by atoms with van der Waals surface area (Å²) in [7, 11) is 1.29. The Morgan fingerprint density at radius 1 is 1.36 bits per heavy atom. The van der Waals surface area contributed by atoms with Crippen LogP contribution in [0.5, 0.6) is 0 Å². The van der Waals surface area contributed by atoms with Gasteiger partial charge in [-0.1, -0.05) is 13.8 Å². The topological polar surface area (TPSA) is 63.6 Å². The number of ketones is 1. The Morgan fingerprint density at radius 3 is 2.29 bits per heavy atom. The van der Waals surface area contributed by atoms with E-state index in [4.69, 9.17) is 5.11 Å². The number of carbonyl (C=O) groups is 2. The number of ether oxygens (including phenoxy) is 1. The summed E-state index contributed by atoms with van der Waals surface area (Å²) in [4.78, 5) is 22.5. The van der Waals surface area contributed by atoms with Crippen LogP contribution in [0.2, 0.25) is 0 Å². The van der Waals surface area contributed by atoms with Crippen LogP contribution in [0.3, 0.4) is 0 Å². The highest BCUT2D eigenvalue weighted by atomic mass is 16.5. The summed E-state index contributed by atoms with van der Waals surface area (Å²) in [6.45, 7) is 3.48. The van der Waals surface area contributed by atoms with Crippen molar-refractivity contribution in [1.82, 2.24) is 0 Å². The second kappa shape index (κ2) is 6.54. The van der Waals surface area contributed by atoms with Gasteiger partial charge in [-0.2, -0.15) is 0 Å². The van der Waals surface area contributed by atoms with Gasteiger partial charge in [0.2, 0.25) is 0 Å². The second-order valence-electron chi connectivity index (χ2n) is 3.55. The monoisotopic (exact) mass is 202 g/mol. The van der Waals surface area contributed by atoms with Gasteiger partial charge in [-0.25, -0.2) is 0 Å². The molecule has 1 atom stereocenters. The fourth-order valence-electron chi connectivity index (χ4n) is 1.26. The van der Waals surface area contributed by atoms with E-state index in [0.29, 0.717) is 6.42 Å². The molecule has 14 heavy (non-hydrogen) atoms. The number of rotatable bonds is 6. The maximum atomic E-state index is 11.6. The van der Waals surface area contributed by atoms with Crippen LogP contribution in [0.4, 0.5) is 0 Å². The lowest BCUT2D eigenvalue weighted by Crippen LogP contribution is -2.24. The molecule has 0 aromatic heterocycles. The number of carbonyl (C=O) groups excluding carboxylic acids is 2. The van der Waals surface area contributed by atoms with E-state index in [9.17, 15) is 9.59 Å². The zero-order valence-corrected chi connectivity index (χ0v) is 8.95. The zero-order chi connectivity index (χ0) is 11.1. The minimum absolute atomic E-state index is 0.00412. The SMILES string of the molecule is COC(=O)CC(CCO)C(=O)C(C)C. The Labute approximate surface area is 84.3 Å². The Hall–Kier alpha value is -0.900. The van der Waals surface area contributed by atoms with Crippen LogP contribution in [-0.2, 0) is 14.3 Å². The van der Waals surface area contributed by atoms with Gasteiger partial charge in [-0.05, 0) is 6.42 Å². The highest BCUT2D eigenvalue weighted by Crippen LogP contribution is 2.15. The number of hydrogen-bond acceptors (Lipinski definition) is 4. The summed E-state index contributed by atoms with van der Waals surface area (Å²) in [5.74, 6) is -0.925. The number of aliphatic hydroxyl groups excluding tert-OH is 1. The minimum Gasteiger partial charge on any atom is -0.469 e. The first-order valence-corrected chi connectivity index (χ1v) is 4.74. The molecule has 4 nitrogen and oxygen atoms in total. The lowest BCUT2D eigenvalue weighted by atomic mass is 9.90. The summed E-state index contributed by atoms with van der Waals surface area (Å²) in [5, 5.41) is 8.75. The molecule has 0 saturated heterocycles. The lowest BCUT2D eigenvalue weighted by molar-refractivity contribution is -0.144. The quantitative estimate of drug-likeness (QED) is 0.646. The first-order chi connectivity index (χ1) is 6.52. The molecule has 0 heterocycles. The highest BCUT2D eigenvalue weighted by molar-refractivity contribution is 5.86. The fraction of sp³-hybridized carbons (Fsp3) is 0.800. The molecule has 82 valence electrons. The van der Waals surface area contributed by atoms with E-state index < -0.39 is 11.9 Å². The number of methoxy groups -OCH3 is 1. The van der Waals surface area contributed by atoms with Crippen LogP contribution in [0.15, 0.2) is 0 Å². The van der Waals surface area contributed by atoms with Crippen molar-refractivity contribution in [2.75, 3.05) is 13.7 Å². The van der Waals surface area contributed by atoms with Crippen molar-refractivity contribution in [3.05, 3.63) is 0 Å². The first-order valence-electron chi connectivity index (χ1n) is 4.74. The normalized spacial score (nSPS) is 12.6. The number of Topliss-reactive ketones (excluding diaryl/α,β-unsaturated/α-hetero) is 1. The number of esters is 1. The molecule has 0 spiro atoms. The Morgan fingerprint density at radius 2 is 1.93 bits per heavy atom. The van der Waals surface area contributed by atoms with Gasteiger partial charge in [-0.3, -0.25) is 9.59 Å². The molecular formula is C10H18O4. The molecule has 0 radical (unpaired) electrons. The van der Waals surface area contributed by atoms with Crippen molar-refractivity contribution in [3.63, 3.8) is 0 Å². The average molecular weight is 202 g/mol. The average Bonchev–Trinajstić information content (AvgIpc) is 2.15. The highest BCUT2D eigenvalue weighted by Gasteiger charge is 2.23. The maximum Gasteiger partial charge on any atom is 0.306 e. The van der Waals surface area contributed by atoms with Gasteiger partial charge < -0.3 is 9.84 Å². The van der Waals surface area contributed by atoms with Gasteiger partial charge in [0.05, 0.1) is 13.5 Å². The third kappa shape index (κ3) is 4.37. The zero-order valence-electron chi connectivity index (χ0n) is 8.95. The van der Waals surface area contributed by atoms with Gasteiger partial charge in [0.1, 0.15) is 5.78 Å². The molecular weight excluding hydrogens is 184 g/mol. The summed E-state index contributed by atoms with van der Waals surface area (Å²) in [6, 6.07) is 0. The molecule has 0 saturated carbocycles. The van der Waals surface area contributed by atoms with Crippen molar-refractivity contribution in [2.45, 2.75) is 26.7 Å². The molecule has 0 bridgehead atoms. The molecule has 1 unspecified atom stereocenters. The molecule has 4 heteroatoms. The van der Waals surface area contributed by atoms with Crippen LogP contribution < -0.4 is 0 Å². The van der Waals surface area contributed by atoms with Crippen molar-refractivity contribution in [1.29, 1.82) is 0 Å². The fourth-order valence-corrected chi connectivity index (χ4v) is 1.26. The number of hydrogen-bond donors (Lipinski definition) is 1. The van der Waals surface area contributed by atoms with Crippen molar-refractivity contribution < 1.29 is 19.4 Å². The summed E-state index contributed by atoms with van der Waals surface area (Å²) in [5.41, 5.74) is 0. The molecule has 0 aliphatic carbocycles. The predicted octanol–water partition coefficient (Wildman–Crippen LogP) is 0.773. The number of aliphatic hydroxyl groups is 1. The second-order valence-corrected chi connectivity index (χ2v) is 3.55. The summed E-state index contributed by atoms with van der Waals surface area (Å²) < 4.78 is 4.48. The summed E-state index contributed by atoms with van der Waals surface area (Å²) in [6.07, 6.45) is 0.389. The molecule has 1 N–H and O–H groups in total. The lowest BCUT2D eigenvalue weighted by Gasteiger charge is -2.15. The van der Waals surface area contributed by atoms with Gasteiger partial charge >= 0.3 is 5.97 Å². The van der Waals surface area contributed by atoms with E-state index >= 15 is 0 Å². The van der Waals surface area contributed by atoms with Gasteiger partial charge in [-0.15, -0.1) is 0 Å². The molecule has 0 aromatic carbocycles. The van der Waals surface area contributed by atoms with Crippen LogP contribution in [0, 0.1) is 11.8 Å². The Bertz CT molecular complexity index is 198. The minimum atomic E-state index is -0.410. The van der Waals surface area contributed by atoms with Crippen molar-refractivity contribution in [3.8, 4) is 0 Å². The molecule has 0 rings (SSSR count). The van der Waals surface area contributed by atoms with Crippen molar-refractivity contribution >= 4 is 11.8 Å². The largest absolute Gasteiger partial charge is 0.469 e. The molecule has 0 aliphatic heterocycles. The standard InChI is InChI=1S/C10H18O4/c1-7(2)10(13)8(4-5-11)6-9(12)14-3/h7-8,11H,4-6H2,1-3H3. The van der Waals surface area contributed by atoms with Crippen LogP contribution in [0.1, 0.15) is 26.7 Å². The third-order valence-electron chi connectivity index (χ3n) is 2.09. The summed E-state index contributed by atoms with van der Waals surface area (Å²) >= 11 is 0. The van der Waals surface area contributed by atoms with Crippen molar-refractivity contribution in [2.24, 2.45) is 11.8 Å². The van der Waals surface area contributed by atoms with E-state index in [1.165, 1.54) is 7.11 Å². The van der Waals surface area contributed by atoms with Crippen LogP contribution in [0.25, 0.3) is 0 Å². The van der Waals surface area contributed by atoms with Crippen LogP contribution >= 0.6 is 0 Å².